The SMILES string of the molecule is COc1ccc2c(CCNC3CCCC3)c(C)[nH]c2c1. The molecule has 108 valence electrons. The third-order valence-corrected chi connectivity index (χ3v) is 4.49. The molecule has 1 aromatic carbocycles. The molecule has 3 heteroatoms. The Bertz CT molecular complexity index is 582. The van der Waals surface area contributed by atoms with Gasteiger partial charge in [0, 0.05) is 28.7 Å². The smallest absolute Gasteiger partial charge is 0.120 e. The van der Waals surface area contributed by atoms with Gasteiger partial charge in [0.05, 0.1) is 7.11 Å². The summed E-state index contributed by atoms with van der Waals surface area (Å²) in [5.74, 6) is 0.911. The predicted molar refractivity (Wildman–Crippen MR) is 83.6 cm³/mol. The molecular formula is C17H24N2O. The topological polar surface area (TPSA) is 37.0 Å². The number of H-pyrrole nitrogens is 1. The first-order valence-electron chi connectivity index (χ1n) is 7.66. The van der Waals surface area contributed by atoms with Crippen LogP contribution < -0.4 is 10.1 Å². The van der Waals surface area contributed by atoms with E-state index in [1.165, 1.54) is 47.8 Å². The Balaban J connectivity index is 1.71. The number of rotatable bonds is 5. The first-order valence-corrected chi connectivity index (χ1v) is 7.66. The van der Waals surface area contributed by atoms with Crippen molar-refractivity contribution < 1.29 is 4.74 Å². The molecule has 20 heavy (non-hydrogen) atoms. The van der Waals surface area contributed by atoms with Gasteiger partial charge < -0.3 is 15.0 Å². The van der Waals surface area contributed by atoms with E-state index in [0.717, 1.165) is 24.8 Å². The summed E-state index contributed by atoms with van der Waals surface area (Å²) in [5, 5.41) is 5.03. The van der Waals surface area contributed by atoms with E-state index in [1.54, 1.807) is 7.11 Å². The molecule has 0 atom stereocenters. The number of hydrogen-bond acceptors (Lipinski definition) is 2. The highest BCUT2D eigenvalue weighted by atomic mass is 16.5. The number of hydrogen-bond donors (Lipinski definition) is 2. The second-order valence-electron chi connectivity index (χ2n) is 5.83. The van der Waals surface area contributed by atoms with E-state index in [-0.39, 0.29) is 0 Å². The number of nitrogens with one attached hydrogen (secondary N) is 2. The zero-order valence-electron chi connectivity index (χ0n) is 12.5. The molecule has 0 bridgehead atoms. The molecule has 1 aromatic heterocycles. The van der Waals surface area contributed by atoms with Crippen LogP contribution in [-0.2, 0) is 6.42 Å². The zero-order chi connectivity index (χ0) is 13.9. The zero-order valence-corrected chi connectivity index (χ0v) is 12.5. The lowest BCUT2D eigenvalue weighted by atomic mass is 10.1. The van der Waals surface area contributed by atoms with Crippen LogP contribution in [0.2, 0.25) is 0 Å². The monoisotopic (exact) mass is 272 g/mol. The number of aryl methyl sites for hydroxylation is 1. The molecule has 1 heterocycles. The van der Waals surface area contributed by atoms with Gasteiger partial charge in [-0.05, 0) is 50.4 Å². The number of fused-ring (bicyclic) bond motifs is 1. The van der Waals surface area contributed by atoms with Gasteiger partial charge in [0.2, 0.25) is 0 Å². The summed E-state index contributed by atoms with van der Waals surface area (Å²) in [7, 11) is 1.71. The maximum absolute atomic E-state index is 5.29. The van der Waals surface area contributed by atoms with Crippen molar-refractivity contribution in [2.75, 3.05) is 13.7 Å². The van der Waals surface area contributed by atoms with Gasteiger partial charge in [-0.15, -0.1) is 0 Å². The molecule has 1 aliphatic carbocycles. The lowest BCUT2D eigenvalue weighted by Gasteiger charge is -2.11. The van der Waals surface area contributed by atoms with Crippen molar-refractivity contribution in [3.63, 3.8) is 0 Å². The van der Waals surface area contributed by atoms with Gasteiger partial charge in [-0.2, -0.15) is 0 Å². The van der Waals surface area contributed by atoms with Crippen LogP contribution in [0.1, 0.15) is 36.9 Å². The average molecular weight is 272 g/mol. The van der Waals surface area contributed by atoms with Crippen LogP contribution in [0.25, 0.3) is 10.9 Å². The van der Waals surface area contributed by atoms with Crippen molar-refractivity contribution in [2.24, 2.45) is 0 Å². The molecule has 2 N–H and O–H groups in total. The molecule has 0 unspecified atom stereocenters. The van der Waals surface area contributed by atoms with Crippen molar-refractivity contribution in [3.05, 3.63) is 29.5 Å². The molecule has 3 rings (SSSR count). The predicted octanol–water partition coefficient (Wildman–Crippen LogP) is 3.56. The fourth-order valence-corrected chi connectivity index (χ4v) is 3.35. The van der Waals surface area contributed by atoms with Crippen LogP contribution in [0.3, 0.4) is 0 Å². The molecule has 0 spiro atoms. The van der Waals surface area contributed by atoms with Crippen LogP contribution in [0, 0.1) is 6.92 Å². The lowest BCUT2D eigenvalue weighted by molar-refractivity contribution is 0.415. The Morgan fingerprint density at radius 2 is 2.10 bits per heavy atom. The van der Waals surface area contributed by atoms with Gasteiger partial charge in [-0.3, -0.25) is 0 Å². The van der Waals surface area contributed by atoms with Crippen LogP contribution in [0.15, 0.2) is 18.2 Å². The Labute approximate surface area is 120 Å². The van der Waals surface area contributed by atoms with Crippen molar-refractivity contribution in [1.29, 1.82) is 0 Å². The summed E-state index contributed by atoms with van der Waals surface area (Å²) in [4.78, 5) is 3.47. The van der Waals surface area contributed by atoms with Crippen molar-refractivity contribution in [1.82, 2.24) is 10.3 Å². The van der Waals surface area contributed by atoms with Crippen molar-refractivity contribution in [3.8, 4) is 5.75 Å². The average Bonchev–Trinajstić information content (AvgIpc) is 3.06. The van der Waals surface area contributed by atoms with Gasteiger partial charge in [0.1, 0.15) is 5.75 Å². The normalized spacial score (nSPS) is 16.1. The van der Waals surface area contributed by atoms with E-state index in [1.807, 2.05) is 6.07 Å². The van der Waals surface area contributed by atoms with E-state index < -0.39 is 0 Å². The summed E-state index contributed by atoms with van der Waals surface area (Å²) < 4.78 is 5.29. The Morgan fingerprint density at radius 3 is 2.85 bits per heavy atom. The minimum atomic E-state index is 0.751. The van der Waals surface area contributed by atoms with Gasteiger partial charge in [-0.1, -0.05) is 12.8 Å². The summed E-state index contributed by atoms with van der Waals surface area (Å²) in [6, 6.07) is 7.04. The number of aromatic nitrogens is 1. The lowest BCUT2D eigenvalue weighted by Crippen LogP contribution is -2.28. The minimum absolute atomic E-state index is 0.751. The van der Waals surface area contributed by atoms with Crippen molar-refractivity contribution in [2.45, 2.75) is 45.1 Å². The van der Waals surface area contributed by atoms with Crippen LogP contribution in [-0.4, -0.2) is 24.7 Å². The van der Waals surface area contributed by atoms with Crippen LogP contribution in [0.4, 0.5) is 0 Å². The number of aromatic amines is 1. The molecule has 0 aliphatic heterocycles. The highest BCUT2D eigenvalue weighted by molar-refractivity contribution is 5.85. The largest absolute Gasteiger partial charge is 0.497 e. The molecule has 2 aromatic rings. The molecule has 0 amide bonds. The Hall–Kier alpha value is -1.48. The summed E-state index contributed by atoms with van der Waals surface area (Å²) in [6.45, 7) is 3.24. The highest BCUT2D eigenvalue weighted by Crippen LogP contribution is 2.26. The number of benzene rings is 1. The molecule has 0 radical (unpaired) electrons. The quantitative estimate of drug-likeness (QED) is 0.873. The van der Waals surface area contributed by atoms with Crippen LogP contribution in [0.5, 0.6) is 5.75 Å². The molecule has 1 saturated carbocycles. The second-order valence-corrected chi connectivity index (χ2v) is 5.83. The van der Waals surface area contributed by atoms with Gasteiger partial charge in [0.15, 0.2) is 0 Å². The molecule has 1 fully saturated rings. The van der Waals surface area contributed by atoms with Crippen molar-refractivity contribution >= 4 is 10.9 Å². The minimum Gasteiger partial charge on any atom is -0.497 e. The van der Waals surface area contributed by atoms with E-state index in [9.17, 15) is 0 Å². The first-order chi connectivity index (χ1) is 9.78. The Morgan fingerprint density at radius 1 is 1.30 bits per heavy atom. The van der Waals surface area contributed by atoms with Crippen LogP contribution >= 0.6 is 0 Å². The third kappa shape index (κ3) is 2.68. The molecule has 3 nitrogen and oxygen atoms in total. The second kappa shape index (κ2) is 5.88. The molecule has 0 saturated heterocycles. The fourth-order valence-electron chi connectivity index (χ4n) is 3.35. The number of methoxy groups -OCH3 is 1. The van der Waals surface area contributed by atoms with E-state index in [4.69, 9.17) is 4.74 Å². The van der Waals surface area contributed by atoms with Gasteiger partial charge >= 0.3 is 0 Å². The highest BCUT2D eigenvalue weighted by Gasteiger charge is 2.14. The summed E-state index contributed by atoms with van der Waals surface area (Å²) in [5.41, 5.74) is 3.90. The summed E-state index contributed by atoms with van der Waals surface area (Å²) >= 11 is 0. The fraction of sp³-hybridized carbons (Fsp3) is 0.529. The maximum atomic E-state index is 5.29. The third-order valence-electron chi connectivity index (χ3n) is 4.49. The Kier molecular flexibility index (Phi) is 3.97. The maximum Gasteiger partial charge on any atom is 0.120 e. The standard InChI is InChI=1S/C17H24N2O/c1-12-15(9-10-18-13-5-3-4-6-13)16-8-7-14(20-2)11-17(16)19-12/h7-8,11,13,18-19H,3-6,9-10H2,1-2H3. The molecule has 1 aliphatic rings. The van der Waals surface area contributed by atoms with Gasteiger partial charge in [0.25, 0.3) is 0 Å². The number of ether oxygens (including phenoxy) is 1. The first kappa shape index (κ1) is 13.5. The summed E-state index contributed by atoms with van der Waals surface area (Å²) in [6.07, 6.45) is 6.58. The van der Waals surface area contributed by atoms with E-state index >= 15 is 0 Å². The molecular weight excluding hydrogens is 248 g/mol. The van der Waals surface area contributed by atoms with E-state index in [2.05, 4.69) is 29.4 Å². The van der Waals surface area contributed by atoms with E-state index in [0.29, 0.717) is 0 Å². The van der Waals surface area contributed by atoms with Gasteiger partial charge in [-0.25, -0.2) is 0 Å².